The third-order valence-corrected chi connectivity index (χ3v) is 3.94. The van der Waals surface area contributed by atoms with Gasteiger partial charge in [-0.05, 0) is 40.8 Å². The van der Waals surface area contributed by atoms with Crippen LogP contribution < -0.4 is 0 Å². The highest BCUT2D eigenvalue weighted by Crippen LogP contribution is 2.38. The molecular weight excluding hydrogens is 280 g/mol. The van der Waals surface area contributed by atoms with Gasteiger partial charge in [0.1, 0.15) is 5.65 Å². The summed E-state index contributed by atoms with van der Waals surface area (Å²) in [6.45, 7) is 2.03. The molecule has 0 aliphatic heterocycles. The van der Waals surface area contributed by atoms with Crippen molar-refractivity contribution in [2.45, 2.75) is 19.8 Å². The van der Waals surface area contributed by atoms with Crippen LogP contribution in [0.2, 0.25) is 0 Å². The van der Waals surface area contributed by atoms with E-state index in [1.807, 2.05) is 13.0 Å². The summed E-state index contributed by atoms with van der Waals surface area (Å²) in [5, 5.41) is 0.914. The Morgan fingerprint density at radius 2 is 2.35 bits per heavy atom. The zero-order chi connectivity index (χ0) is 12.0. The van der Waals surface area contributed by atoms with E-state index < -0.39 is 0 Å². The van der Waals surface area contributed by atoms with Crippen LogP contribution in [-0.4, -0.2) is 15.8 Å². The number of aromatic nitrogens is 2. The quantitative estimate of drug-likeness (QED) is 0.880. The van der Waals surface area contributed by atoms with Crippen LogP contribution in [0.5, 0.6) is 0 Å². The number of rotatable bonds is 3. The summed E-state index contributed by atoms with van der Waals surface area (Å²) in [6.07, 6.45) is 5.90. The number of fused-ring (bicyclic) bond motifs is 1. The largest absolute Gasteiger partial charge is 0.345 e. The maximum absolute atomic E-state index is 12.3. The SMILES string of the molecule is CC(C(=O)c1c[nH]c2ncc(Br)cc12)C1CC1. The Morgan fingerprint density at radius 1 is 1.59 bits per heavy atom. The van der Waals surface area contributed by atoms with Crippen molar-refractivity contribution in [3.63, 3.8) is 0 Å². The van der Waals surface area contributed by atoms with Gasteiger partial charge in [0, 0.05) is 33.7 Å². The number of ketones is 1. The monoisotopic (exact) mass is 292 g/mol. The summed E-state index contributed by atoms with van der Waals surface area (Å²) in [6, 6.07) is 1.95. The van der Waals surface area contributed by atoms with E-state index >= 15 is 0 Å². The molecule has 88 valence electrons. The second kappa shape index (κ2) is 3.95. The predicted octanol–water partition coefficient (Wildman–Crippen LogP) is 3.55. The molecule has 3 rings (SSSR count). The van der Waals surface area contributed by atoms with Crippen molar-refractivity contribution < 1.29 is 4.79 Å². The van der Waals surface area contributed by atoms with Crippen LogP contribution in [0.15, 0.2) is 22.9 Å². The van der Waals surface area contributed by atoms with E-state index in [-0.39, 0.29) is 11.7 Å². The van der Waals surface area contributed by atoms with Gasteiger partial charge in [-0.2, -0.15) is 0 Å². The van der Waals surface area contributed by atoms with Crippen molar-refractivity contribution in [2.75, 3.05) is 0 Å². The molecule has 1 saturated carbocycles. The second-order valence-corrected chi connectivity index (χ2v) is 5.66. The number of nitrogens with one attached hydrogen (secondary N) is 1. The third-order valence-electron chi connectivity index (χ3n) is 3.51. The van der Waals surface area contributed by atoms with Crippen LogP contribution in [0.1, 0.15) is 30.1 Å². The first-order chi connectivity index (χ1) is 8.16. The van der Waals surface area contributed by atoms with Gasteiger partial charge in [0.25, 0.3) is 0 Å². The summed E-state index contributed by atoms with van der Waals surface area (Å²) in [7, 11) is 0. The van der Waals surface area contributed by atoms with Gasteiger partial charge in [-0.25, -0.2) is 4.98 Å². The summed E-state index contributed by atoms with van der Waals surface area (Å²) >= 11 is 3.39. The minimum absolute atomic E-state index is 0.132. The van der Waals surface area contributed by atoms with Gasteiger partial charge >= 0.3 is 0 Å². The molecule has 0 aromatic carbocycles. The van der Waals surface area contributed by atoms with Crippen molar-refractivity contribution in [1.29, 1.82) is 0 Å². The molecule has 17 heavy (non-hydrogen) atoms. The van der Waals surface area contributed by atoms with E-state index in [9.17, 15) is 4.79 Å². The molecule has 2 heterocycles. The second-order valence-electron chi connectivity index (χ2n) is 4.74. The molecule has 2 aromatic rings. The highest BCUT2D eigenvalue weighted by molar-refractivity contribution is 9.10. The number of Topliss-reactive ketones (excluding diaryl/α,β-unsaturated/α-hetero) is 1. The number of aromatic amines is 1. The zero-order valence-electron chi connectivity index (χ0n) is 9.53. The molecule has 1 fully saturated rings. The molecule has 0 amide bonds. The van der Waals surface area contributed by atoms with E-state index in [4.69, 9.17) is 0 Å². The van der Waals surface area contributed by atoms with Crippen molar-refractivity contribution in [3.05, 3.63) is 28.5 Å². The van der Waals surface area contributed by atoms with Gasteiger partial charge in [-0.15, -0.1) is 0 Å². The van der Waals surface area contributed by atoms with Gasteiger partial charge in [-0.3, -0.25) is 4.79 Å². The summed E-state index contributed by atoms with van der Waals surface area (Å²) in [4.78, 5) is 19.7. The van der Waals surface area contributed by atoms with Crippen LogP contribution in [0, 0.1) is 11.8 Å². The molecule has 4 heteroatoms. The summed E-state index contributed by atoms with van der Waals surface area (Å²) in [5.41, 5.74) is 1.55. The van der Waals surface area contributed by atoms with E-state index in [1.165, 1.54) is 12.8 Å². The Balaban J connectivity index is 2.04. The molecule has 0 spiro atoms. The van der Waals surface area contributed by atoms with Crippen LogP contribution in [0.4, 0.5) is 0 Å². The first-order valence-corrected chi connectivity index (χ1v) is 6.63. The number of hydrogen-bond donors (Lipinski definition) is 1. The standard InChI is InChI=1S/C13H13BrN2O/c1-7(8-2-3-8)12(17)11-6-16-13-10(11)4-9(14)5-15-13/h4-8H,2-3H2,1H3,(H,15,16). The van der Waals surface area contributed by atoms with Crippen molar-refractivity contribution in [3.8, 4) is 0 Å². The topological polar surface area (TPSA) is 45.8 Å². The lowest BCUT2D eigenvalue weighted by Gasteiger charge is -2.07. The maximum atomic E-state index is 12.3. The summed E-state index contributed by atoms with van der Waals surface area (Å²) in [5.74, 6) is 0.958. The molecule has 2 aromatic heterocycles. The van der Waals surface area contributed by atoms with E-state index in [2.05, 4.69) is 25.9 Å². The fourth-order valence-electron chi connectivity index (χ4n) is 2.24. The fourth-order valence-corrected chi connectivity index (χ4v) is 2.57. The molecule has 1 unspecified atom stereocenters. The van der Waals surface area contributed by atoms with E-state index in [0.29, 0.717) is 5.92 Å². The molecule has 1 N–H and O–H groups in total. The minimum atomic E-state index is 0.132. The average Bonchev–Trinajstić information content (AvgIpc) is 3.08. The number of carbonyl (C=O) groups excluding carboxylic acids is 1. The molecule has 0 radical (unpaired) electrons. The van der Waals surface area contributed by atoms with E-state index in [1.54, 1.807) is 12.4 Å². The Kier molecular flexibility index (Phi) is 2.54. The average molecular weight is 293 g/mol. The van der Waals surface area contributed by atoms with Crippen LogP contribution in [0.25, 0.3) is 11.0 Å². The Hall–Kier alpha value is -1.16. The molecule has 1 aliphatic rings. The number of nitrogens with zero attached hydrogens (tertiary/aromatic N) is 1. The molecule has 1 aliphatic carbocycles. The zero-order valence-corrected chi connectivity index (χ0v) is 11.1. The van der Waals surface area contributed by atoms with Gasteiger partial charge < -0.3 is 4.98 Å². The lowest BCUT2D eigenvalue weighted by atomic mass is 9.95. The van der Waals surface area contributed by atoms with Crippen LogP contribution >= 0.6 is 15.9 Å². The highest BCUT2D eigenvalue weighted by atomic mass is 79.9. The molecule has 3 nitrogen and oxygen atoms in total. The minimum Gasteiger partial charge on any atom is -0.345 e. The first-order valence-electron chi connectivity index (χ1n) is 5.83. The Morgan fingerprint density at radius 3 is 3.06 bits per heavy atom. The lowest BCUT2D eigenvalue weighted by molar-refractivity contribution is 0.0918. The first kappa shape index (κ1) is 11.0. The number of halogens is 1. The maximum Gasteiger partial charge on any atom is 0.168 e. The third kappa shape index (κ3) is 1.90. The van der Waals surface area contributed by atoms with Crippen LogP contribution in [0.3, 0.4) is 0 Å². The molecule has 0 saturated heterocycles. The molecular formula is C13H13BrN2O. The van der Waals surface area contributed by atoms with Crippen molar-refractivity contribution in [1.82, 2.24) is 9.97 Å². The van der Waals surface area contributed by atoms with E-state index in [0.717, 1.165) is 21.1 Å². The summed E-state index contributed by atoms with van der Waals surface area (Å²) < 4.78 is 0.901. The highest BCUT2D eigenvalue weighted by Gasteiger charge is 2.33. The lowest BCUT2D eigenvalue weighted by Crippen LogP contribution is -2.12. The van der Waals surface area contributed by atoms with Gasteiger partial charge in [0.05, 0.1) is 0 Å². The van der Waals surface area contributed by atoms with Gasteiger partial charge in [0.2, 0.25) is 0 Å². The number of pyridine rings is 1. The molecule has 1 atom stereocenters. The predicted molar refractivity (Wildman–Crippen MR) is 70.0 cm³/mol. The van der Waals surface area contributed by atoms with Crippen molar-refractivity contribution >= 4 is 32.7 Å². The van der Waals surface area contributed by atoms with Crippen molar-refractivity contribution in [2.24, 2.45) is 11.8 Å². The Bertz CT molecular complexity index is 586. The van der Waals surface area contributed by atoms with Crippen LogP contribution in [-0.2, 0) is 0 Å². The van der Waals surface area contributed by atoms with Gasteiger partial charge in [0.15, 0.2) is 5.78 Å². The normalized spacial score (nSPS) is 17.3. The number of carbonyl (C=O) groups is 1. The number of hydrogen-bond acceptors (Lipinski definition) is 2. The van der Waals surface area contributed by atoms with Gasteiger partial charge in [-0.1, -0.05) is 6.92 Å². The fraction of sp³-hybridized carbons (Fsp3) is 0.385. The molecule has 0 bridgehead atoms. The Labute approximate surface area is 108 Å². The smallest absolute Gasteiger partial charge is 0.168 e. The number of H-pyrrole nitrogens is 1.